The number of halogens is 2. The summed E-state index contributed by atoms with van der Waals surface area (Å²) in [5.41, 5.74) is 0.978. The summed E-state index contributed by atoms with van der Waals surface area (Å²) >= 11 is 5.87. The van der Waals surface area contributed by atoms with Gasteiger partial charge < -0.3 is 9.73 Å². The number of nitrogens with one attached hydrogen (secondary N) is 1. The molecule has 2 aromatic carbocycles. The van der Waals surface area contributed by atoms with Crippen LogP contribution in [0.5, 0.6) is 0 Å². The van der Waals surface area contributed by atoms with Gasteiger partial charge in [-0.3, -0.25) is 4.79 Å². The third kappa shape index (κ3) is 4.00. The Morgan fingerprint density at radius 3 is 2.83 bits per heavy atom. The van der Waals surface area contributed by atoms with E-state index in [1.165, 1.54) is 12.3 Å². The average Bonchev–Trinajstić information content (AvgIpc) is 3.02. The van der Waals surface area contributed by atoms with Crippen LogP contribution in [0, 0.1) is 5.82 Å². The van der Waals surface area contributed by atoms with E-state index in [1.54, 1.807) is 42.5 Å². The van der Waals surface area contributed by atoms with E-state index in [0.717, 1.165) is 0 Å². The third-order valence-electron chi connectivity index (χ3n) is 3.37. The van der Waals surface area contributed by atoms with E-state index in [2.05, 4.69) is 10.3 Å². The molecule has 0 spiro atoms. The van der Waals surface area contributed by atoms with E-state index in [4.69, 9.17) is 16.0 Å². The highest BCUT2D eigenvalue weighted by atomic mass is 35.5. The molecule has 0 unspecified atom stereocenters. The van der Waals surface area contributed by atoms with Crippen molar-refractivity contribution in [3.8, 4) is 11.3 Å². The van der Waals surface area contributed by atoms with E-state index in [1.807, 2.05) is 0 Å². The fourth-order valence-corrected chi connectivity index (χ4v) is 2.41. The standard InChI is InChI=1S/C18H14ClFN2O2/c19-12-4-3-5-13(10-12)22-17(23)8-9-18-21-11-16(24-18)14-6-1-2-7-15(14)20/h1-7,10-11H,8-9H2,(H,22,23). The SMILES string of the molecule is O=C(CCc1ncc(-c2ccccc2F)o1)Nc1cccc(Cl)c1. The van der Waals surface area contributed by atoms with Crippen molar-refractivity contribution in [2.24, 2.45) is 0 Å². The van der Waals surface area contributed by atoms with Crippen LogP contribution in [0.2, 0.25) is 5.02 Å². The molecule has 0 fully saturated rings. The van der Waals surface area contributed by atoms with Crippen LogP contribution in [0.25, 0.3) is 11.3 Å². The lowest BCUT2D eigenvalue weighted by Gasteiger charge is -2.04. The Bertz CT molecular complexity index is 863. The van der Waals surface area contributed by atoms with Gasteiger partial charge in [-0.1, -0.05) is 29.8 Å². The summed E-state index contributed by atoms with van der Waals surface area (Å²) in [6.45, 7) is 0. The van der Waals surface area contributed by atoms with Crippen LogP contribution in [0.4, 0.5) is 10.1 Å². The highest BCUT2D eigenvalue weighted by Crippen LogP contribution is 2.23. The number of anilines is 1. The molecule has 1 heterocycles. The minimum atomic E-state index is -0.376. The number of hydrogen-bond acceptors (Lipinski definition) is 3. The van der Waals surface area contributed by atoms with E-state index >= 15 is 0 Å². The largest absolute Gasteiger partial charge is 0.441 e. The molecule has 3 aromatic rings. The van der Waals surface area contributed by atoms with Gasteiger partial charge >= 0.3 is 0 Å². The fourth-order valence-electron chi connectivity index (χ4n) is 2.22. The van der Waals surface area contributed by atoms with Crippen molar-refractivity contribution in [1.29, 1.82) is 0 Å². The minimum Gasteiger partial charge on any atom is -0.441 e. The zero-order valence-corrected chi connectivity index (χ0v) is 13.4. The Balaban J connectivity index is 1.59. The zero-order valence-electron chi connectivity index (χ0n) is 12.6. The Morgan fingerprint density at radius 1 is 1.21 bits per heavy atom. The number of carbonyl (C=O) groups is 1. The smallest absolute Gasteiger partial charge is 0.224 e. The second-order valence-electron chi connectivity index (χ2n) is 5.16. The summed E-state index contributed by atoms with van der Waals surface area (Å²) in [7, 11) is 0. The van der Waals surface area contributed by atoms with Gasteiger partial charge in [0.2, 0.25) is 5.91 Å². The minimum absolute atomic E-state index is 0.178. The third-order valence-corrected chi connectivity index (χ3v) is 3.60. The Morgan fingerprint density at radius 2 is 2.04 bits per heavy atom. The normalized spacial score (nSPS) is 10.6. The molecule has 0 saturated heterocycles. The molecule has 4 nitrogen and oxygen atoms in total. The first kappa shape index (κ1) is 16.2. The van der Waals surface area contributed by atoms with Gasteiger partial charge in [0.1, 0.15) is 5.82 Å². The number of rotatable bonds is 5. The van der Waals surface area contributed by atoms with Crippen molar-refractivity contribution in [3.63, 3.8) is 0 Å². The molecule has 6 heteroatoms. The van der Waals surface area contributed by atoms with Crippen molar-refractivity contribution in [1.82, 2.24) is 4.98 Å². The van der Waals surface area contributed by atoms with E-state index < -0.39 is 0 Å². The monoisotopic (exact) mass is 344 g/mol. The molecule has 0 bridgehead atoms. The molecule has 3 rings (SSSR count). The number of aryl methyl sites for hydroxylation is 1. The van der Waals surface area contributed by atoms with E-state index in [0.29, 0.717) is 34.3 Å². The van der Waals surface area contributed by atoms with Crippen molar-refractivity contribution in [2.75, 3.05) is 5.32 Å². The lowest BCUT2D eigenvalue weighted by atomic mass is 10.2. The highest BCUT2D eigenvalue weighted by molar-refractivity contribution is 6.30. The molecule has 1 N–H and O–H groups in total. The van der Waals surface area contributed by atoms with E-state index in [9.17, 15) is 9.18 Å². The summed E-state index contributed by atoms with van der Waals surface area (Å²) in [6, 6.07) is 13.2. The summed E-state index contributed by atoms with van der Waals surface area (Å²) < 4.78 is 19.2. The van der Waals surface area contributed by atoms with Gasteiger partial charge in [0.15, 0.2) is 11.7 Å². The predicted octanol–water partition coefficient (Wildman–Crippen LogP) is 4.71. The molecule has 0 saturated carbocycles. The first-order chi connectivity index (χ1) is 11.6. The summed E-state index contributed by atoms with van der Waals surface area (Å²) in [4.78, 5) is 16.0. The average molecular weight is 345 g/mol. The lowest BCUT2D eigenvalue weighted by Crippen LogP contribution is -2.12. The summed E-state index contributed by atoms with van der Waals surface area (Å²) in [5.74, 6) is 0.176. The highest BCUT2D eigenvalue weighted by Gasteiger charge is 2.12. The molecule has 24 heavy (non-hydrogen) atoms. The van der Waals surface area contributed by atoms with Crippen LogP contribution in [0.1, 0.15) is 12.3 Å². The fraction of sp³-hybridized carbons (Fsp3) is 0.111. The number of aromatic nitrogens is 1. The zero-order chi connectivity index (χ0) is 16.9. The maximum atomic E-state index is 13.7. The number of nitrogens with zero attached hydrogens (tertiary/aromatic N) is 1. The second kappa shape index (κ2) is 7.27. The number of oxazole rings is 1. The summed E-state index contributed by atoms with van der Waals surface area (Å²) in [5, 5.41) is 3.30. The van der Waals surface area contributed by atoms with Crippen LogP contribution in [0.15, 0.2) is 59.1 Å². The van der Waals surface area contributed by atoms with Crippen LogP contribution >= 0.6 is 11.6 Å². The number of hydrogen-bond donors (Lipinski definition) is 1. The number of benzene rings is 2. The first-order valence-electron chi connectivity index (χ1n) is 7.37. The number of amides is 1. The van der Waals surface area contributed by atoms with Crippen LogP contribution in [0.3, 0.4) is 0 Å². The van der Waals surface area contributed by atoms with Gasteiger partial charge in [-0.15, -0.1) is 0 Å². The molecule has 0 aliphatic carbocycles. The molecular weight excluding hydrogens is 331 g/mol. The van der Waals surface area contributed by atoms with Gasteiger partial charge in [0.05, 0.1) is 11.8 Å². The molecule has 0 aliphatic heterocycles. The maximum Gasteiger partial charge on any atom is 0.224 e. The molecule has 0 aliphatic rings. The molecule has 1 amide bonds. The van der Waals surface area contributed by atoms with Gasteiger partial charge in [0, 0.05) is 23.6 Å². The molecule has 1 aromatic heterocycles. The van der Waals surface area contributed by atoms with Crippen LogP contribution in [-0.4, -0.2) is 10.9 Å². The Hall–Kier alpha value is -2.66. The van der Waals surface area contributed by atoms with Crippen LogP contribution < -0.4 is 5.32 Å². The second-order valence-corrected chi connectivity index (χ2v) is 5.59. The van der Waals surface area contributed by atoms with Gasteiger partial charge in [-0.05, 0) is 30.3 Å². The first-order valence-corrected chi connectivity index (χ1v) is 7.74. The summed E-state index contributed by atoms with van der Waals surface area (Å²) in [6.07, 6.45) is 1.98. The predicted molar refractivity (Wildman–Crippen MR) is 90.3 cm³/mol. The molecule has 0 radical (unpaired) electrons. The van der Waals surface area contributed by atoms with Crippen molar-refractivity contribution in [2.45, 2.75) is 12.8 Å². The number of carbonyl (C=O) groups excluding carboxylic acids is 1. The Labute approximate surface area is 143 Å². The topological polar surface area (TPSA) is 55.1 Å². The van der Waals surface area contributed by atoms with Gasteiger partial charge in [0.25, 0.3) is 0 Å². The van der Waals surface area contributed by atoms with Gasteiger partial charge in [-0.25, -0.2) is 9.37 Å². The van der Waals surface area contributed by atoms with Crippen molar-refractivity contribution in [3.05, 3.63) is 71.5 Å². The molecular formula is C18H14ClFN2O2. The van der Waals surface area contributed by atoms with E-state index in [-0.39, 0.29) is 18.1 Å². The molecule has 122 valence electrons. The van der Waals surface area contributed by atoms with Gasteiger partial charge in [-0.2, -0.15) is 0 Å². The van der Waals surface area contributed by atoms with Crippen molar-refractivity contribution >= 4 is 23.2 Å². The maximum absolute atomic E-state index is 13.7. The quantitative estimate of drug-likeness (QED) is 0.729. The molecule has 0 atom stereocenters. The van der Waals surface area contributed by atoms with Crippen molar-refractivity contribution < 1.29 is 13.6 Å². The lowest BCUT2D eigenvalue weighted by molar-refractivity contribution is -0.116. The Kier molecular flexibility index (Phi) is 4.91. The van der Waals surface area contributed by atoms with Crippen LogP contribution in [-0.2, 0) is 11.2 Å².